The molecule has 1 aliphatic rings. The Hall–Kier alpha value is -1.83. The second-order valence-corrected chi connectivity index (χ2v) is 4.49. The van der Waals surface area contributed by atoms with E-state index in [1.165, 1.54) is 18.2 Å². The van der Waals surface area contributed by atoms with E-state index < -0.39 is 0 Å². The van der Waals surface area contributed by atoms with Gasteiger partial charge in [0.1, 0.15) is 0 Å². The Labute approximate surface area is 102 Å². The van der Waals surface area contributed by atoms with E-state index in [2.05, 4.69) is 47.5 Å². The van der Waals surface area contributed by atoms with Gasteiger partial charge in [-0.25, -0.2) is 0 Å². The number of fused-ring (bicyclic) bond motifs is 1. The highest BCUT2D eigenvalue weighted by atomic mass is 15.1. The summed E-state index contributed by atoms with van der Waals surface area (Å²) in [5, 5.41) is 1.21. The van der Waals surface area contributed by atoms with Crippen LogP contribution in [0.2, 0.25) is 0 Å². The Morgan fingerprint density at radius 3 is 2.94 bits per heavy atom. The van der Waals surface area contributed by atoms with Crippen molar-refractivity contribution in [2.24, 2.45) is 0 Å². The van der Waals surface area contributed by atoms with Gasteiger partial charge in [0.25, 0.3) is 0 Å². The molecule has 0 fully saturated rings. The topological polar surface area (TPSA) is 16.1 Å². The Morgan fingerprint density at radius 1 is 1.12 bits per heavy atom. The molecule has 0 saturated carbocycles. The van der Waals surface area contributed by atoms with Gasteiger partial charge in [0.2, 0.25) is 0 Å². The van der Waals surface area contributed by atoms with E-state index in [0.717, 1.165) is 24.3 Å². The number of allylic oxidation sites excluding steroid dienone is 1. The van der Waals surface area contributed by atoms with E-state index >= 15 is 0 Å². The molecular weight excluding hydrogens is 208 g/mol. The molecule has 0 atom stereocenters. The van der Waals surface area contributed by atoms with Crippen LogP contribution in [0.1, 0.15) is 18.5 Å². The van der Waals surface area contributed by atoms with Gasteiger partial charge in [0.15, 0.2) is 0 Å². The van der Waals surface area contributed by atoms with Crippen molar-refractivity contribution in [3.8, 4) is 0 Å². The van der Waals surface area contributed by atoms with Crippen molar-refractivity contribution in [3.05, 3.63) is 54.4 Å². The lowest BCUT2D eigenvalue weighted by atomic mass is 10.2. The average Bonchev–Trinajstić information content (AvgIpc) is 2.40. The summed E-state index contributed by atoms with van der Waals surface area (Å²) in [6.07, 6.45) is 6.90. The first kappa shape index (κ1) is 10.3. The number of pyridine rings is 1. The third kappa shape index (κ3) is 2.31. The van der Waals surface area contributed by atoms with E-state index in [-0.39, 0.29) is 0 Å². The molecule has 0 aliphatic carbocycles. The summed E-state index contributed by atoms with van der Waals surface area (Å²) in [4.78, 5) is 7.03. The van der Waals surface area contributed by atoms with E-state index in [1.807, 2.05) is 6.07 Å². The Kier molecular flexibility index (Phi) is 2.78. The molecule has 3 rings (SSSR count). The zero-order valence-corrected chi connectivity index (χ0v) is 9.84. The fourth-order valence-electron chi connectivity index (χ4n) is 2.25. The smallest absolute Gasteiger partial charge is 0.0706 e. The van der Waals surface area contributed by atoms with E-state index in [4.69, 9.17) is 4.98 Å². The third-order valence-electron chi connectivity index (χ3n) is 3.15. The van der Waals surface area contributed by atoms with Crippen molar-refractivity contribution >= 4 is 10.9 Å². The minimum Gasteiger partial charge on any atom is -0.372 e. The van der Waals surface area contributed by atoms with E-state index in [1.54, 1.807) is 0 Å². The Bertz CT molecular complexity index is 545. The third-order valence-corrected chi connectivity index (χ3v) is 3.15. The van der Waals surface area contributed by atoms with Gasteiger partial charge in [-0.1, -0.05) is 30.3 Å². The minimum absolute atomic E-state index is 0.918. The largest absolute Gasteiger partial charge is 0.372 e. The SMILES string of the molecule is C1=CN(Cc2ccc3ccccc3n2)CCC1. The van der Waals surface area contributed by atoms with Crippen LogP contribution in [-0.4, -0.2) is 16.4 Å². The van der Waals surface area contributed by atoms with Crippen molar-refractivity contribution < 1.29 is 0 Å². The highest BCUT2D eigenvalue weighted by Gasteiger charge is 2.05. The number of aromatic nitrogens is 1. The summed E-state index contributed by atoms with van der Waals surface area (Å²) in [6.45, 7) is 2.06. The summed E-state index contributed by atoms with van der Waals surface area (Å²) in [5.41, 5.74) is 2.24. The molecule has 0 spiro atoms. The van der Waals surface area contributed by atoms with Crippen LogP contribution in [0, 0.1) is 0 Å². The molecule has 2 heteroatoms. The van der Waals surface area contributed by atoms with Crippen molar-refractivity contribution in [2.75, 3.05) is 6.54 Å². The zero-order valence-electron chi connectivity index (χ0n) is 9.84. The summed E-state index contributed by atoms with van der Waals surface area (Å²) in [6, 6.07) is 12.6. The van der Waals surface area contributed by atoms with Crippen molar-refractivity contribution in [1.82, 2.24) is 9.88 Å². The lowest BCUT2D eigenvalue weighted by Crippen LogP contribution is -2.20. The monoisotopic (exact) mass is 224 g/mol. The first-order valence-corrected chi connectivity index (χ1v) is 6.17. The molecule has 0 saturated heterocycles. The molecule has 1 aliphatic heterocycles. The highest BCUT2D eigenvalue weighted by Crippen LogP contribution is 2.14. The Morgan fingerprint density at radius 2 is 2.06 bits per heavy atom. The van der Waals surface area contributed by atoms with Gasteiger partial charge in [-0.2, -0.15) is 0 Å². The molecule has 1 aromatic heterocycles. The molecule has 0 N–H and O–H groups in total. The molecule has 17 heavy (non-hydrogen) atoms. The second-order valence-electron chi connectivity index (χ2n) is 4.49. The van der Waals surface area contributed by atoms with Gasteiger partial charge in [-0.05, 0) is 31.2 Å². The molecular formula is C15H16N2. The first-order chi connectivity index (χ1) is 8.42. The maximum Gasteiger partial charge on any atom is 0.0706 e. The maximum atomic E-state index is 4.69. The number of rotatable bonds is 2. The predicted molar refractivity (Wildman–Crippen MR) is 70.5 cm³/mol. The predicted octanol–water partition coefficient (Wildman–Crippen LogP) is 3.34. The van der Waals surface area contributed by atoms with Crippen LogP contribution >= 0.6 is 0 Å². The quantitative estimate of drug-likeness (QED) is 0.777. The molecule has 1 aromatic carbocycles. The van der Waals surface area contributed by atoms with Gasteiger partial charge in [0, 0.05) is 11.9 Å². The Balaban J connectivity index is 1.85. The van der Waals surface area contributed by atoms with Crippen LogP contribution < -0.4 is 0 Å². The average molecular weight is 224 g/mol. The summed E-state index contributed by atoms with van der Waals surface area (Å²) in [5.74, 6) is 0. The number of nitrogens with zero attached hydrogens (tertiary/aromatic N) is 2. The van der Waals surface area contributed by atoms with Crippen molar-refractivity contribution in [3.63, 3.8) is 0 Å². The molecule has 2 heterocycles. The van der Waals surface area contributed by atoms with Gasteiger partial charge in [0.05, 0.1) is 17.8 Å². The van der Waals surface area contributed by atoms with Crippen LogP contribution in [0.5, 0.6) is 0 Å². The molecule has 2 nitrogen and oxygen atoms in total. The van der Waals surface area contributed by atoms with Crippen molar-refractivity contribution in [1.29, 1.82) is 0 Å². The van der Waals surface area contributed by atoms with Gasteiger partial charge < -0.3 is 4.90 Å². The van der Waals surface area contributed by atoms with Crippen LogP contribution in [-0.2, 0) is 6.54 Å². The second kappa shape index (κ2) is 4.58. The van der Waals surface area contributed by atoms with E-state index in [0.29, 0.717) is 0 Å². The molecule has 0 unspecified atom stereocenters. The molecule has 2 aromatic rings. The first-order valence-electron chi connectivity index (χ1n) is 6.17. The van der Waals surface area contributed by atoms with Crippen molar-refractivity contribution in [2.45, 2.75) is 19.4 Å². The lowest BCUT2D eigenvalue weighted by molar-refractivity contribution is 0.345. The van der Waals surface area contributed by atoms with Crippen LogP contribution in [0.15, 0.2) is 48.7 Å². The summed E-state index contributed by atoms with van der Waals surface area (Å²) in [7, 11) is 0. The zero-order chi connectivity index (χ0) is 11.5. The number of benzene rings is 1. The minimum atomic E-state index is 0.918. The summed E-state index contributed by atoms with van der Waals surface area (Å²) < 4.78 is 0. The van der Waals surface area contributed by atoms with Crippen LogP contribution in [0.3, 0.4) is 0 Å². The molecule has 86 valence electrons. The van der Waals surface area contributed by atoms with Crippen LogP contribution in [0.4, 0.5) is 0 Å². The summed E-state index contributed by atoms with van der Waals surface area (Å²) >= 11 is 0. The molecule has 0 radical (unpaired) electrons. The van der Waals surface area contributed by atoms with E-state index in [9.17, 15) is 0 Å². The maximum absolute atomic E-state index is 4.69. The van der Waals surface area contributed by atoms with Gasteiger partial charge in [-0.15, -0.1) is 0 Å². The van der Waals surface area contributed by atoms with Crippen LogP contribution in [0.25, 0.3) is 10.9 Å². The van der Waals surface area contributed by atoms with Gasteiger partial charge in [-0.3, -0.25) is 4.98 Å². The number of hydrogen-bond donors (Lipinski definition) is 0. The highest BCUT2D eigenvalue weighted by molar-refractivity contribution is 5.78. The fraction of sp³-hybridized carbons (Fsp3) is 0.267. The fourth-order valence-corrected chi connectivity index (χ4v) is 2.25. The number of para-hydroxylation sites is 1. The lowest BCUT2D eigenvalue weighted by Gasteiger charge is -2.22. The normalized spacial score (nSPS) is 15.4. The van der Waals surface area contributed by atoms with Gasteiger partial charge >= 0.3 is 0 Å². The number of hydrogen-bond acceptors (Lipinski definition) is 2. The standard InChI is InChI=1S/C15H16N2/c1-4-10-17(11-5-1)12-14-9-8-13-6-2-3-7-15(13)16-14/h2-4,6-10H,1,5,11-12H2. The molecule has 0 bridgehead atoms. The molecule has 0 amide bonds.